The summed E-state index contributed by atoms with van der Waals surface area (Å²) in [4.78, 5) is 0. The number of fused-ring (bicyclic) bond motifs is 1. The Kier molecular flexibility index (Phi) is 3.65. The van der Waals surface area contributed by atoms with E-state index in [0.29, 0.717) is 6.54 Å². The number of aliphatic hydroxyl groups excluding tert-OH is 1. The van der Waals surface area contributed by atoms with Crippen LogP contribution in [0.15, 0.2) is 42.5 Å². The van der Waals surface area contributed by atoms with Crippen LogP contribution in [0.4, 0.5) is 5.69 Å². The first-order valence-corrected chi connectivity index (χ1v) is 5.80. The number of halogens is 1. The largest absolute Gasteiger partial charge is 0.390 e. The SMILES string of the molecule is OC(CCl)CNc1cccc2ccccc12. The molecule has 2 aromatic carbocycles. The highest BCUT2D eigenvalue weighted by molar-refractivity contribution is 6.18. The summed E-state index contributed by atoms with van der Waals surface area (Å²) >= 11 is 5.55. The third-order valence-electron chi connectivity index (χ3n) is 2.50. The summed E-state index contributed by atoms with van der Waals surface area (Å²) in [6.07, 6.45) is -0.513. The minimum Gasteiger partial charge on any atom is -0.390 e. The van der Waals surface area contributed by atoms with Gasteiger partial charge in [-0.25, -0.2) is 0 Å². The highest BCUT2D eigenvalue weighted by atomic mass is 35.5. The number of benzene rings is 2. The van der Waals surface area contributed by atoms with Crippen LogP contribution in [-0.2, 0) is 0 Å². The number of hydrogen-bond donors (Lipinski definition) is 2. The second-order valence-electron chi connectivity index (χ2n) is 3.72. The molecule has 16 heavy (non-hydrogen) atoms. The summed E-state index contributed by atoms with van der Waals surface area (Å²) in [5.74, 6) is 0.248. The number of rotatable bonds is 4. The maximum atomic E-state index is 9.40. The van der Waals surface area contributed by atoms with Crippen molar-refractivity contribution in [1.82, 2.24) is 0 Å². The Bertz CT molecular complexity index is 467. The van der Waals surface area contributed by atoms with Gasteiger partial charge in [-0.3, -0.25) is 0 Å². The number of alkyl halides is 1. The molecule has 0 aliphatic heterocycles. The molecule has 2 rings (SSSR count). The van der Waals surface area contributed by atoms with Crippen LogP contribution in [0.25, 0.3) is 10.8 Å². The predicted octanol–water partition coefficient (Wildman–Crippen LogP) is 2.85. The third-order valence-corrected chi connectivity index (χ3v) is 2.85. The summed E-state index contributed by atoms with van der Waals surface area (Å²) in [6, 6.07) is 14.2. The van der Waals surface area contributed by atoms with Crippen molar-refractivity contribution in [2.24, 2.45) is 0 Å². The average Bonchev–Trinajstić information content (AvgIpc) is 2.35. The molecule has 3 heteroatoms. The lowest BCUT2D eigenvalue weighted by atomic mass is 10.1. The van der Waals surface area contributed by atoms with Crippen molar-refractivity contribution in [1.29, 1.82) is 0 Å². The van der Waals surface area contributed by atoms with Gasteiger partial charge in [0.1, 0.15) is 0 Å². The smallest absolute Gasteiger partial charge is 0.0847 e. The molecule has 0 heterocycles. The molecule has 1 atom stereocenters. The molecule has 0 aliphatic rings. The lowest BCUT2D eigenvalue weighted by Gasteiger charge is -2.12. The minimum atomic E-state index is -0.513. The monoisotopic (exact) mass is 235 g/mol. The van der Waals surface area contributed by atoms with Crippen molar-refractivity contribution in [2.75, 3.05) is 17.7 Å². The van der Waals surface area contributed by atoms with Gasteiger partial charge in [-0.1, -0.05) is 36.4 Å². The predicted molar refractivity (Wildman–Crippen MR) is 69.2 cm³/mol. The maximum absolute atomic E-state index is 9.40. The first-order valence-electron chi connectivity index (χ1n) is 5.27. The van der Waals surface area contributed by atoms with Crippen LogP contribution in [0.5, 0.6) is 0 Å². The number of aliphatic hydroxyl groups is 1. The zero-order valence-corrected chi connectivity index (χ0v) is 9.61. The second kappa shape index (κ2) is 5.19. The molecule has 0 bridgehead atoms. The lowest BCUT2D eigenvalue weighted by Crippen LogP contribution is -2.20. The normalized spacial score (nSPS) is 12.6. The molecule has 0 aliphatic carbocycles. The van der Waals surface area contributed by atoms with E-state index in [1.165, 1.54) is 5.39 Å². The fraction of sp³-hybridized carbons (Fsp3) is 0.231. The fourth-order valence-corrected chi connectivity index (χ4v) is 1.77. The van der Waals surface area contributed by atoms with E-state index in [9.17, 15) is 5.11 Å². The van der Waals surface area contributed by atoms with E-state index in [1.54, 1.807) is 0 Å². The van der Waals surface area contributed by atoms with Crippen LogP contribution in [0.2, 0.25) is 0 Å². The van der Waals surface area contributed by atoms with Crippen molar-refractivity contribution < 1.29 is 5.11 Å². The van der Waals surface area contributed by atoms with Gasteiger partial charge in [0, 0.05) is 17.6 Å². The molecule has 84 valence electrons. The Balaban J connectivity index is 2.23. The molecule has 1 unspecified atom stereocenters. The molecule has 0 radical (unpaired) electrons. The van der Waals surface area contributed by atoms with Gasteiger partial charge < -0.3 is 10.4 Å². The van der Waals surface area contributed by atoms with Gasteiger partial charge in [-0.15, -0.1) is 11.6 Å². The van der Waals surface area contributed by atoms with Gasteiger partial charge in [-0.2, -0.15) is 0 Å². The van der Waals surface area contributed by atoms with Crippen molar-refractivity contribution >= 4 is 28.1 Å². The second-order valence-corrected chi connectivity index (χ2v) is 4.02. The Morgan fingerprint density at radius 1 is 1.12 bits per heavy atom. The van der Waals surface area contributed by atoms with Crippen LogP contribution < -0.4 is 5.32 Å². The molecular formula is C13H14ClNO. The van der Waals surface area contributed by atoms with Crippen LogP contribution in [0.1, 0.15) is 0 Å². The summed E-state index contributed by atoms with van der Waals surface area (Å²) in [6.45, 7) is 0.470. The van der Waals surface area contributed by atoms with E-state index >= 15 is 0 Å². The summed E-state index contributed by atoms with van der Waals surface area (Å²) < 4.78 is 0. The van der Waals surface area contributed by atoms with Gasteiger partial charge in [0.25, 0.3) is 0 Å². The van der Waals surface area contributed by atoms with E-state index in [0.717, 1.165) is 11.1 Å². The molecule has 0 amide bonds. The van der Waals surface area contributed by atoms with Crippen LogP contribution in [0, 0.1) is 0 Å². The third kappa shape index (κ3) is 2.46. The molecule has 2 aromatic rings. The summed E-state index contributed by atoms with van der Waals surface area (Å²) in [5, 5.41) is 14.9. The van der Waals surface area contributed by atoms with E-state index in [4.69, 9.17) is 11.6 Å². The Hall–Kier alpha value is -1.25. The molecule has 0 saturated carbocycles. The number of anilines is 1. The Morgan fingerprint density at radius 3 is 2.69 bits per heavy atom. The zero-order valence-electron chi connectivity index (χ0n) is 8.86. The van der Waals surface area contributed by atoms with Crippen molar-refractivity contribution in [3.05, 3.63) is 42.5 Å². The van der Waals surface area contributed by atoms with Gasteiger partial charge in [-0.05, 0) is 11.5 Å². The average molecular weight is 236 g/mol. The Labute approximate surface area is 99.9 Å². The molecule has 2 N–H and O–H groups in total. The first kappa shape index (κ1) is 11.2. The molecule has 0 spiro atoms. The summed E-state index contributed by atoms with van der Waals surface area (Å²) in [5.41, 5.74) is 1.03. The minimum absolute atomic E-state index is 0.248. The number of hydrogen-bond acceptors (Lipinski definition) is 2. The first-order chi connectivity index (χ1) is 7.81. The van der Waals surface area contributed by atoms with Gasteiger partial charge >= 0.3 is 0 Å². The van der Waals surface area contributed by atoms with Crippen molar-refractivity contribution in [3.63, 3.8) is 0 Å². The molecule has 0 saturated heterocycles. The molecule has 0 fully saturated rings. The summed E-state index contributed by atoms with van der Waals surface area (Å²) in [7, 11) is 0. The van der Waals surface area contributed by atoms with Crippen LogP contribution in [0.3, 0.4) is 0 Å². The quantitative estimate of drug-likeness (QED) is 0.799. The highest BCUT2D eigenvalue weighted by Crippen LogP contribution is 2.22. The number of nitrogens with one attached hydrogen (secondary N) is 1. The van der Waals surface area contributed by atoms with E-state index in [1.807, 2.05) is 24.3 Å². The molecule has 0 aromatic heterocycles. The molecule has 2 nitrogen and oxygen atoms in total. The van der Waals surface area contributed by atoms with Crippen molar-refractivity contribution in [3.8, 4) is 0 Å². The van der Waals surface area contributed by atoms with E-state index in [2.05, 4.69) is 23.5 Å². The van der Waals surface area contributed by atoms with Gasteiger partial charge in [0.05, 0.1) is 12.0 Å². The van der Waals surface area contributed by atoms with Gasteiger partial charge in [0.2, 0.25) is 0 Å². The van der Waals surface area contributed by atoms with E-state index in [-0.39, 0.29) is 5.88 Å². The topological polar surface area (TPSA) is 32.3 Å². The van der Waals surface area contributed by atoms with Gasteiger partial charge in [0.15, 0.2) is 0 Å². The highest BCUT2D eigenvalue weighted by Gasteiger charge is 2.03. The van der Waals surface area contributed by atoms with Crippen LogP contribution in [-0.4, -0.2) is 23.6 Å². The van der Waals surface area contributed by atoms with Crippen molar-refractivity contribution in [2.45, 2.75) is 6.10 Å². The maximum Gasteiger partial charge on any atom is 0.0847 e. The zero-order chi connectivity index (χ0) is 11.4. The Morgan fingerprint density at radius 2 is 1.88 bits per heavy atom. The van der Waals surface area contributed by atoms with Crippen LogP contribution >= 0.6 is 11.6 Å². The lowest BCUT2D eigenvalue weighted by molar-refractivity contribution is 0.211. The van der Waals surface area contributed by atoms with E-state index < -0.39 is 6.10 Å². The standard InChI is InChI=1S/C13H14ClNO/c14-8-11(16)9-15-13-7-3-5-10-4-1-2-6-12(10)13/h1-7,11,15-16H,8-9H2. The molecular weight excluding hydrogens is 222 g/mol. The fourth-order valence-electron chi connectivity index (χ4n) is 1.66.